The first-order chi connectivity index (χ1) is 5.75. The average molecular weight is 170 g/mol. The molecule has 0 aliphatic rings. The monoisotopic (exact) mass is 170 g/mol. The first-order valence-corrected chi connectivity index (χ1v) is 3.63. The van der Waals surface area contributed by atoms with Crippen LogP contribution in [0.5, 0.6) is 0 Å². The van der Waals surface area contributed by atoms with Crippen molar-refractivity contribution >= 4 is 5.97 Å². The molecule has 1 N–H and O–H groups in total. The number of carbonyl (C=O) groups is 1. The molecule has 1 aromatic rings. The Hall–Kier alpha value is -1.29. The number of rotatable bonds is 4. The summed E-state index contributed by atoms with van der Waals surface area (Å²) in [5.74, 6) is -0.622. The molecule has 0 aromatic carbocycles. The van der Waals surface area contributed by atoms with E-state index in [1.807, 2.05) is 6.92 Å². The van der Waals surface area contributed by atoms with Gasteiger partial charge < -0.3 is 14.3 Å². The van der Waals surface area contributed by atoms with Crippen molar-refractivity contribution in [3.63, 3.8) is 0 Å². The van der Waals surface area contributed by atoms with Crippen molar-refractivity contribution in [1.29, 1.82) is 0 Å². The predicted octanol–water partition coefficient (Wildman–Crippen LogP) is 1.51. The number of furan rings is 1. The Morgan fingerprint density at radius 2 is 2.50 bits per heavy atom. The van der Waals surface area contributed by atoms with Crippen LogP contribution >= 0.6 is 0 Å². The van der Waals surface area contributed by atoms with Gasteiger partial charge in [-0.05, 0) is 13.0 Å². The fourth-order valence-corrected chi connectivity index (χ4v) is 0.838. The van der Waals surface area contributed by atoms with E-state index >= 15 is 0 Å². The standard InChI is InChI=1S/C8H10O4/c1-2-11-5-7-6(8(9)10)3-4-12-7/h3-4H,2,5H2,1H3,(H,9,10). The average Bonchev–Trinajstić information content (AvgIpc) is 2.48. The smallest absolute Gasteiger partial charge is 0.339 e. The Balaban J connectivity index is 2.70. The molecule has 4 nitrogen and oxygen atoms in total. The topological polar surface area (TPSA) is 59.7 Å². The van der Waals surface area contributed by atoms with Gasteiger partial charge in [-0.15, -0.1) is 0 Å². The molecule has 0 spiro atoms. The van der Waals surface area contributed by atoms with Gasteiger partial charge in [0.2, 0.25) is 0 Å². The molecule has 0 amide bonds. The highest BCUT2D eigenvalue weighted by molar-refractivity contribution is 5.88. The van der Waals surface area contributed by atoms with E-state index in [-0.39, 0.29) is 12.2 Å². The number of carboxylic acids is 1. The van der Waals surface area contributed by atoms with Crippen LogP contribution in [0.1, 0.15) is 23.0 Å². The zero-order chi connectivity index (χ0) is 8.97. The number of hydrogen-bond donors (Lipinski definition) is 1. The maximum atomic E-state index is 10.5. The minimum Gasteiger partial charge on any atom is -0.478 e. The molecule has 0 aliphatic heterocycles. The Morgan fingerprint density at radius 3 is 3.08 bits per heavy atom. The summed E-state index contributed by atoms with van der Waals surface area (Å²) >= 11 is 0. The van der Waals surface area contributed by atoms with Crippen molar-refractivity contribution in [2.24, 2.45) is 0 Å². The van der Waals surface area contributed by atoms with E-state index in [0.29, 0.717) is 12.4 Å². The fourth-order valence-electron chi connectivity index (χ4n) is 0.838. The Kier molecular flexibility index (Phi) is 2.88. The molecule has 12 heavy (non-hydrogen) atoms. The van der Waals surface area contributed by atoms with Crippen LogP contribution in [0, 0.1) is 0 Å². The van der Waals surface area contributed by atoms with E-state index in [4.69, 9.17) is 14.3 Å². The van der Waals surface area contributed by atoms with E-state index in [1.165, 1.54) is 12.3 Å². The third-order valence-electron chi connectivity index (χ3n) is 1.41. The maximum Gasteiger partial charge on any atom is 0.339 e. The quantitative estimate of drug-likeness (QED) is 0.744. The van der Waals surface area contributed by atoms with Crippen LogP contribution in [0.2, 0.25) is 0 Å². The molecule has 1 aromatic heterocycles. The molecule has 1 rings (SSSR count). The summed E-state index contributed by atoms with van der Waals surface area (Å²) in [5, 5.41) is 8.64. The zero-order valence-electron chi connectivity index (χ0n) is 6.74. The zero-order valence-corrected chi connectivity index (χ0v) is 6.74. The molecular formula is C8H10O4. The van der Waals surface area contributed by atoms with Crippen LogP contribution in [0.4, 0.5) is 0 Å². The van der Waals surface area contributed by atoms with E-state index < -0.39 is 5.97 Å². The lowest BCUT2D eigenvalue weighted by molar-refractivity contribution is 0.0682. The minimum absolute atomic E-state index is 0.170. The van der Waals surface area contributed by atoms with E-state index in [0.717, 1.165) is 0 Å². The van der Waals surface area contributed by atoms with E-state index in [1.54, 1.807) is 0 Å². The number of hydrogen-bond acceptors (Lipinski definition) is 3. The summed E-state index contributed by atoms with van der Waals surface area (Å²) in [6.45, 7) is 2.59. The highest BCUT2D eigenvalue weighted by Crippen LogP contribution is 2.11. The molecule has 0 unspecified atom stereocenters. The molecule has 0 radical (unpaired) electrons. The van der Waals surface area contributed by atoms with Crippen molar-refractivity contribution in [2.75, 3.05) is 6.61 Å². The lowest BCUT2D eigenvalue weighted by atomic mass is 10.2. The fraction of sp³-hybridized carbons (Fsp3) is 0.375. The summed E-state index contributed by atoms with van der Waals surface area (Å²) in [5.41, 5.74) is 0.170. The normalized spacial score (nSPS) is 10.1. The van der Waals surface area contributed by atoms with Crippen molar-refractivity contribution in [1.82, 2.24) is 0 Å². The van der Waals surface area contributed by atoms with Gasteiger partial charge in [0, 0.05) is 6.61 Å². The van der Waals surface area contributed by atoms with Gasteiger partial charge in [-0.3, -0.25) is 0 Å². The number of aromatic carboxylic acids is 1. The molecule has 0 aliphatic carbocycles. The number of ether oxygens (including phenoxy) is 1. The van der Waals surface area contributed by atoms with Gasteiger partial charge >= 0.3 is 5.97 Å². The lowest BCUT2D eigenvalue weighted by Gasteiger charge is -1.97. The minimum atomic E-state index is -0.988. The van der Waals surface area contributed by atoms with Crippen LogP contribution in [0.3, 0.4) is 0 Å². The van der Waals surface area contributed by atoms with Gasteiger partial charge in [0.15, 0.2) is 0 Å². The molecule has 0 bridgehead atoms. The molecular weight excluding hydrogens is 160 g/mol. The van der Waals surface area contributed by atoms with Gasteiger partial charge in [0.05, 0.1) is 6.26 Å². The van der Waals surface area contributed by atoms with Crippen molar-refractivity contribution in [3.05, 3.63) is 23.7 Å². The molecule has 0 saturated carbocycles. The Morgan fingerprint density at radius 1 is 1.75 bits per heavy atom. The highest BCUT2D eigenvalue weighted by atomic mass is 16.5. The van der Waals surface area contributed by atoms with Crippen LogP contribution in [0.25, 0.3) is 0 Å². The first-order valence-electron chi connectivity index (χ1n) is 3.63. The second kappa shape index (κ2) is 3.92. The maximum absolute atomic E-state index is 10.5. The van der Waals surface area contributed by atoms with Gasteiger partial charge in [-0.2, -0.15) is 0 Å². The lowest BCUT2D eigenvalue weighted by Crippen LogP contribution is -2.00. The van der Waals surface area contributed by atoms with Gasteiger partial charge in [-0.1, -0.05) is 0 Å². The van der Waals surface area contributed by atoms with Gasteiger partial charge in [0.1, 0.15) is 17.9 Å². The van der Waals surface area contributed by atoms with Crippen LogP contribution in [-0.2, 0) is 11.3 Å². The summed E-state index contributed by atoms with van der Waals surface area (Å²) in [6.07, 6.45) is 1.35. The largest absolute Gasteiger partial charge is 0.478 e. The van der Waals surface area contributed by atoms with Crippen molar-refractivity contribution in [3.8, 4) is 0 Å². The highest BCUT2D eigenvalue weighted by Gasteiger charge is 2.12. The molecule has 0 atom stereocenters. The van der Waals surface area contributed by atoms with Gasteiger partial charge in [-0.25, -0.2) is 4.79 Å². The summed E-state index contributed by atoms with van der Waals surface area (Å²) in [6, 6.07) is 1.41. The summed E-state index contributed by atoms with van der Waals surface area (Å²) in [7, 11) is 0. The molecule has 0 saturated heterocycles. The third kappa shape index (κ3) is 1.85. The second-order valence-electron chi connectivity index (χ2n) is 2.20. The number of carboxylic acid groups (broad SMARTS) is 1. The SMILES string of the molecule is CCOCc1occc1C(=O)O. The van der Waals surface area contributed by atoms with Crippen molar-refractivity contribution in [2.45, 2.75) is 13.5 Å². The Labute approximate surface area is 69.8 Å². The van der Waals surface area contributed by atoms with Crippen LogP contribution < -0.4 is 0 Å². The van der Waals surface area contributed by atoms with Crippen molar-refractivity contribution < 1.29 is 19.1 Å². The third-order valence-corrected chi connectivity index (χ3v) is 1.41. The molecule has 66 valence electrons. The summed E-state index contributed by atoms with van der Waals surface area (Å²) < 4.78 is 9.93. The summed E-state index contributed by atoms with van der Waals surface area (Å²) in [4.78, 5) is 10.5. The molecule has 4 heteroatoms. The van der Waals surface area contributed by atoms with Crippen LogP contribution in [-0.4, -0.2) is 17.7 Å². The molecule has 0 fully saturated rings. The van der Waals surface area contributed by atoms with Gasteiger partial charge in [0.25, 0.3) is 0 Å². The molecule has 1 heterocycles. The first kappa shape index (κ1) is 8.80. The van der Waals surface area contributed by atoms with Crippen LogP contribution in [0.15, 0.2) is 16.7 Å². The van der Waals surface area contributed by atoms with E-state index in [9.17, 15) is 4.79 Å². The van der Waals surface area contributed by atoms with E-state index in [2.05, 4.69) is 0 Å². The Bertz CT molecular complexity index is 264. The second-order valence-corrected chi connectivity index (χ2v) is 2.20. The predicted molar refractivity (Wildman–Crippen MR) is 41.0 cm³/mol.